The molecule has 1 aromatic rings. The van der Waals surface area contributed by atoms with E-state index in [4.69, 9.17) is 4.74 Å². The first kappa shape index (κ1) is 17.5. The van der Waals surface area contributed by atoms with Gasteiger partial charge in [-0.3, -0.25) is 14.5 Å². The van der Waals surface area contributed by atoms with Crippen LogP contribution in [0.15, 0.2) is 24.3 Å². The molecule has 23 heavy (non-hydrogen) atoms. The highest BCUT2D eigenvalue weighted by atomic mass is 16.5. The smallest absolute Gasteiger partial charge is 0.310 e. The number of nitrogens with one attached hydrogen (secondary N) is 1. The zero-order valence-electron chi connectivity index (χ0n) is 14.0. The van der Waals surface area contributed by atoms with Crippen LogP contribution in [-0.4, -0.2) is 43.0 Å². The van der Waals surface area contributed by atoms with Gasteiger partial charge in [0.25, 0.3) is 0 Å². The van der Waals surface area contributed by atoms with Gasteiger partial charge in [0.1, 0.15) is 0 Å². The zero-order valence-corrected chi connectivity index (χ0v) is 14.0. The summed E-state index contributed by atoms with van der Waals surface area (Å²) in [6, 6.07) is 8.02. The first-order chi connectivity index (χ1) is 11.1. The van der Waals surface area contributed by atoms with Crippen molar-refractivity contribution in [2.75, 3.05) is 26.2 Å². The Morgan fingerprint density at radius 1 is 1.35 bits per heavy atom. The van der Waals surface area contributed by atoms with Crippen molar-refractivity contribution in [2.45, 2.75) is 33.2 Å². The molecule has 1 aromatic carbocycles. The molecule has 1 aliphatic rings. The van der Waals surface area contributed by atoms with Gasteiger partial charge in [-0.2, -0.15) is 0 Å². The van der Waals surface area contributed by atoms with Crippen molar-refractivity contribution in [3.63, 3.8) is 0 Å². The van der Waals surface area contributed by atoms with Gasteiger partial charge < -0.3 is 10.1 Å². The highest BCUT2D eigenvalue weighted by Crippen LogP contribution is 2.17. The number of ether oxygens (including phenoxy) is 1. The normalized spacial score (nSPS) is 18.4. The summed E-state index contributed by atoms with van der Waals surface area (Å²) in [6.45, 7) is 6.60. The molecule has 1 N–H and O–H groups in total. The lowest BCUT2D eigenvalue weighted by atomic mass is 9.98. The minimum atomic E-state index is -0.141. The highest BCUT2D eigenvalue weighted by molar-refractivity contribution is 5.78. The molecule has 2 rings (SSSR count). The van der Waals surface area contributed by atoms with E-state index in [1.165, 1.54) is 5.56 Å². The maximum Gasteiger partial charge on any atom is 0.310 e. The largest absolute Gasteiger partial charge is 0.466 e. The lowest BCUT2D eigenvalue weighted by Gasteiger charge is -2.30. The fourth-order valence-electron chi connectivity index (χ4n) is 2.91. The third-order valence-corrected chi connectivity index (χ3v) is 4.23. The van der Waals surface area contributed by atoms with Crippen LogP contribution >= 0.6 is 0 Å². The van der Waals surface area contributed by atoms with Gasteiger partial charge in [0, 0.05) is 13.1 Å². The van der Waals surface area contributed by atoms with E-state index in [0.29, 0.717) is 26.2 Å². The Labute approximate surface area is 138 Å². The third-order valence-electron chi connectivity index (χ3n) is 4.23. The van der Waals surface area contributed by atoms with Crippen LogP contribution in [-0.2, 0) is 20.9 Å². The molecular formula is C18H26N2O3. The van der Waals surface area contributed by atoms with Gasteiger partial charge in [-0.15, -0.1) is 0 Å². The molecule has 0 aliphatic carbocycles. The first-order valence-corrected chi connectivity index (χ1v) is 8.30. The SMILES string of the molecule is CCOC(=O)[C@@H]1CCCN(CC(=O)NCc2ccccc2C)C1. The predicted octanol–water partition coefficient (Wildman–Crippen LogP) is 1.89. The van der Waals surface area contributed by atoms with Crippen LogP contribution in [0.3, 0.4) is 0 Å². The summed E-state index contributed by atoms with van der Waals surface area (Å²) < 4.78 is 5.09. The Morgan fingerprint density at radius 3 is 2.87 bits per heavy atom. The maximum atomic E-state index is 12.1. The van der Waals surface area contributed by atoms with Crippen LogP contribution < -0.4 is 5.32 Å². The number of carbonyl (C=O) groups excluding carboxylic acids is 2. The molecule has 126 valence electrons. The predicted molar refractivity (Wildman–Crippen MR) is 88.8 cm³/mol. The van der Waals surface area contributed by atoms with Gasteiger partial charge in [-0.05, 0) is 44.4 Å². The number of carbonyl (C=O) groups is 2. The van der Waals surface area contributed by atoms with Crippen LogP contribution in [0.1, 0.15) is 30.9 Å². The van der Waals surface area contributed by atoms with Gasteiger partial charge in [0.2, 0.25) is 5.91 Å². The van der Waals surface area contributed by atoms with Gasteiger partial charge >= 0.3 is 5.97 Å². The number of nitrogens with zero attached hydrogens (tertiary/aromatic N) is 1. The number of rotatable bonds is 6. The maximum absolute atomic E-state index is 12.1. The lowest BCUT2D eigenvalue weighted by molar-refractivity contribution is -0.150. The first-order valence-electron chi connectivity index (χ1n) is 8.30. The van der Waals surface area contributed by atoms with E-state index >= 15 is 0 Å². The van der Waals surface area contributed by atoms with Crippen molar-refractivity contribution in [3.05, 3.63) is 35.4 Å². The molecule has 1 fully saturated rings. The standard InChI is InChI=1S/C18H26N2O3/c1-3-23-18(22)16-9-6-10-20(12-16)13-17(21)19-11-15-8-5-4-7-14(15)2/h4-5,7-8,16H,3,6,9-13H2,1-2H3,(H,19,21)/t16-/m1/s1. The van der Waals surface area contributed by atoms with Crippen molar-refractivity contribution in [1.82, 2.24) is 10.2 Å². The van der Waals surface area contributed by atoms with Crippen molar-refractivity contribution in [1.29, 1.82) is 0 Å². The number of hydrogen-bond acceptors (Lipinski definition) is 4. The Balaban J connectivity index is 1.78. The Kier molecular flexibility index (Phi) is 6.59. The summed E-state index contributed by atoms with van der Waals surface area (Å²) >= 11 is 0. The molecule has 0 aromatic heterocycles. The van der Waals surface area contributed by atoms with Gasteiger partial charge in [-0.1, -0.05) is 24.3 Å². The van der Waals surface area contributed by atoms with Crippen molar-refractivity contribution in [2.24, 2.45) is 5.92 Å². The van der Waals surface area contributed by atoms with Gasteiger partial charge in [0.05, 0.1) is 19.1 Å². The summed E-state index contributed by atoms with van der Waals surface area (Å²) in [5, 5.41) is 2.96. The summed E-state index contributed by atoms with van der Waals surface area (Å²) in [5.41, 5.74) is 2.30. The number of piperidine rings is 1. The molecule has 1 aliphatic heterocycles. The Hall–Kier alpha value is -1.88. The molecule has 0 saturated carbocycles. The van der Waals surface area contributed by atoms with Crippen molar-refractivity contribution >= 4 is 11.9 Å². The van der Waals surface area contributed by atoms with E-state index in [-0.39, 0.29) is 17.8 Å². The second-order valence-electron chi connectivity index (χ2n) is 6.03. The minimum Gasteiger partial charge on any atom is -0.466 e. The summed E-state index contributed by atoms with van der Waals surface area (Å²) in [7, 11) is 0. The molecule has 0 bridgehead atoms. The van der Waals surface area contributed by atoms with E-state index in [1.807, 2.05) is 43.0 Å². The molecule has 1 atom stereocenters. The lowest BCUT2D eigenvalue weighted by Crippen LogP contribution is -2.44. The molecule has 1 heterocycles. The molecule has 0 unspecified atom stereocenters. The summed E-state index contributed by atoms with van der Waals surface area (Å²) in [4.78, 5) is 26.0. The van der Waals surface area contributed by atoms with E-state index in [1.54, 1.807) is 0 Å². The summed E-state index contributed by atoms with van der Waals surface area (Å²) in [5.74, 6) is -0.247. The van der Waals surface area contributed by atoms with E-state index < -0.39 is 0 Å². The average molecular weight is 318 g/mol. The molecule has 5 nitrogen and oxygen atoms in total. The van der Waals surface area contributed by atoms with Crippen LogP contribution in [0.4, 0.5) is 0 Å². The van der Waals surface area contributed by atoms with Crippen molar-refractivity contribution < 1.29 is 14.3 Å². The number of hydrogen-bond donors (Lipinski definition) is 1. The molecule has 1 saturated heterocycles. The quantitative estimate of drug-likeness (QED) is 0.814. The molecule has 5 heteroatoms. The van der Waals surface area contributed by atoms with E-state index in [0.717, 1.165) is 24.9 Å². The van der Waals surface area contributed by atoms with Gasteiger partial charge in [-0.25, -0.2) is 0 Å². The number of likely N-dealkylation sites (tertiary alicyclic amines) is 1. The molecule has 1 amide bonds. The highest BCUT2D eigenvalue weighted by Gasteiger charge is 2.27. The van der Waals surface area contributed by atoms with Crippen LogP contribution in [0, 0.1) is 12.8 Å². The third kappa shape index (κ3) is 5.36. The monoisotopic (exact) mass is 318 g/mol. The average Bonchev–Trinajstić information content (AvgIpc) is 2.54. The fourth-order valence-corrected chi connectivity index (χ4v) is 2.91. The van der Waals surface area contributed by atoms with Crippen LogP contribution in [0.25, 0.3) is 0 Å². The van der Waals surface area contributed by atoms with E-state index in [9.17, 15) is 9.59 Å². The number of benzene rings is 1. The Morgan fingerprint density at radius 2 is 2.13 bits per heavy atom. The van der Waals surface area contributed by atoms with Gasteiger partial charge in [0.15, 0.2) is 0 Å². The minimum absolute atomic E-state index is 0.00207. The van der Waals surface area contributed by atoms with E-state index in [2.05, 4.69) is 5.32 Å². The number of amides is 1. The number of esters is 1. The van der Waals surface area contributed by atoms with Crippen LogP contribution in [0.2, 0.25) is 0 Å². The topological polar surface area (TPSA) is 58.6 Å². The summed E-state index contributed by atoms with van der Waals surface area (Å²) in [6.07, 6.45) is 1.77. The number of aryl methyl sites for hydroxylation is 1. The molecule has 0 spiro atoms. The Bertz CT molecular complexity index is 545. The molecular weight excluding hydrogens is 292 g/mol. The van der Waals surface area contributed by atoms with Crippen molar-refractivity contribution in [3.8, 4) is 0 Å². The zero-order chi connectivity index (χ0) is 16.7. The second kappa shape index (κ2) is 8.67. The fraction of sp³-hybridized carbons (Fsp3) is 0.556. The second-order valence-corrected chi connectivity index (χ2v) is 6.03. The molecule has 0 radical (unpaired) electrons. The van der Waals surface area contributed by atoms with Crippen LogP contribution in [0.5, 0.6) is 0 Å².